The molecule has 0 bridgehead atoms. The van der Waals surface area contributed by atoms with Crippen LogP contribution < -0.4 is 5.32 Å². The van der Waals surface area contributed by atoms with E-state index in [4.69, 9.17) is 0 Å². The molecule has 0 spiro atoms. The Labute approximate surface area is 133 Å². The number of thioether (sulfide) groups is 1. The van der Waals surface area contributed by atoms with Gasteiger partial charge < -0.3 is 5.32 Å². The van der Waals surface area contributed by atoms with Gasteiger partial charge >= 0.3 is 0 Å². The van der Waals surface area contributed by atoms with Crippen molar-refractivity contribution in [2.45, 2.75) is 45.0 Å². The molecule has 1 aromatic carbocycles. The zero-order valence-electron chi connectivity index (χ0n) is 13.5. The van der Waals surface area contributed by atoms with E-state index in [0.717, 1.165) is 24.8 Å². The Hall–Kier alpha value is -1.00. The molecule has 0 aliphatic carbocycles. The predicted octanol–water partition coefficient (Wildman–Crippen LogP) is 3.54. The number of nitrogens with zero attached hydrogens (tertiary/aromatic N) is 2. The van der Waals surface area contributed by atoms with Gasteiger partial charge in [-0.3, -0.25) is 9.89 Å². The number of rotatable bonds is 6. The second-order valence-corrected chi connectivity index (χ2v) is 7.21. The number of amidine groups is 1. The van der Waals surface area contributed by atoms with Crippen LogP contribution in [0.4, 0.5) is 0 Å². The molecule has 4 heteroatoms. The molecule has 116 valence electrons. The lowest BCUT2D eigenvalue weighted by Gasteiger charge is -2.30. The van der Waals surface area contributed by atoms with Crippen LogP contribution >= 0.6 is 11.8 Å². The standard InChI is InChI=1S/C17H27N3S/c1-13(2)20(14(3)4)11-10-18-17-19-12-16(21-17)15-8-6-5-7-9-15/h5-9,13-14,16H,10-12H2,1-4H3,(H,18,19). The molecule has 21 heavy (non-hydrogen) atoms. The molecule has 1 heterocycles. The van der Waals surface area contributed by atoms with E-state index in [1.807, 2.05) is 11.8 Å². The van der Waals surface area contributed by atoms with Crippen LogP contribution in [0.5, 0.6) is 0 Å². The van der Waals surface area contributed by atoms with Crippen molar-refractivity contribution < 1.29 is 0 Å². The fraction of sp³-hybridized carbons (Fsp3) is 0.588. The Balaban J connectivity index is 1.76. The summed E-state index contributed by atoms with van der Waals surface area (Å²) >= 11 is 1.85. The normalized spacial score (nSPS) is 18.6. The van der Waals surface area contributed by atoms with Gasteiger partial charge in [-0.15, -0.1) is 0 Å². The molecular formula is C17H27N3S. The molecule has 0 aromatic heterocycles. The van der Waals surface area contributed by atoms with E-state index < -0.39 is 0 Å². The maximum atomic E-state index is 4.63. The van der Waals surface area contributed by atoms with Crippen molar-refractivity contribution >= 4 is 16.9 Å². The summed E-state index contributed by atoms with van der Waals surface area (Å²) < 4.78 is 0. The van der Waals surface area contributed by atoms with Crippen molar-refractivity contribution in [2.24, 2.45) is 4.99 Å². The molecule has 1 N–H and O–H groups in total. The molecule has 0 saturated heterocycles. The van der Waals surface area contributed by atoms with E-state index in [0.29, 0.717) is 17.3 Å². The summed E-state index contributed by atoms with van der Waals surface area (Å²) in [5.74, 6) is 0. The third-order valence-corrected chi connectivity index (χ3v) is 5.00. The summed E-state index contributed by atoms with van der Waals surface area (Å²) in [6, 6.07) is 11.8. The van der Waals surface area contributed by atoms with Crippen molar-refractivity contribution in [3.63, 3.8) is 0 Å². The topological polar surface area (TPSA) is 27.6 Å². The van der Waals surface area contributed by atoms with Gasteiger partial charge in [0.15, 0.2) is 5.17 Å². The Morgan fingerprint density at radius 3 is 2.48 bits per heavy atom. The van der Waals surface area contributed by atoms with Crippen molar-refractivity contribution in [3.05, 3.63) is 35.9 Å². The molecule has 0 radical (unpaired) electrons. The van der Waals surface area contributed by atoms with Gasteiger partial charge in [-0.25, -0.2) is 0 Å². The summed E-state index contributed by atoms with van der Waals surface area (Å²) in [5.41, 5.74) is 1.37. The highest BCUT2D eigenvalue weighted by atomic mass is 32.2. The summed E-state index contributed by atoms with van der Waals surface area (Å²) in [4.78, 5) is 7.13. The zero-order chi connectivity index (χ0) is 15.2. The fourth-order valence-electron chi connectivity index (χ4n) is 2.72. The van der Waals surface area contributed by atoms with Crippen LogP contribution in [-0.2, 0) is 0 Å². The Morgan fingerprint density at radius 1 is 1.19 bits per heavy atom. The Bertz CT molecular complexity index is 448. The van der Waals surface area contributed by atoms with Crippen molar-refractivity contribution in [3.8, 4) is 0 Å². The largest absolute Gasteiger partial charge is 0.364 e. The first-order valence-electron chi connectivity index (χ1n) is 7.83. The molecule has 0 saturated carbocycles. The molecule has 1 unspecified atom stereocenters. The number of aliphatic imine (C=N–C) groups is 1. The van der Waals surface area contributed by atoms with Crippen LogP contribution in [0.1, 0.15) is 38.5 Å². The van der Waals surface area contributed by atoms with Gasteiger partial charge in [-0.1, -0.05) is 42.1 Å². The first kappa shape index (κ1) is 16.4. The van der Waals surface area contributed by atoms with Crippen molar-refractivity contribution in [1.82, 2.24) is 10.2 Å². The molecule has 3 nitrogen and oxygen atoms in total. The summed E-state index contributed by atoms with van der Waals surface area (Å²) in [6.07, 6.45) is 0. The lowest BCUT2D eigenvalue weighted by Crippen LogP contribution is -2.42. The summed E-state index contributed by atoms with van der Waals surface area (Å²) in [6.45, 7) is 11.9. The quantitative estimate of drug-likeness (QED) is 0.871. The molecule has 1 aliphatic heterocycles. The highest BCUT2D eigenvalue weighted by molar-refractivity contribution is 8.14. The lowest BCUT2D eigenvalue weighted by atomic mass is 10.1. The molecule has 1 aliphatic rings. The third-order valence-electron chi connectivity index (χ3n) is 3.80. The van der Waals surface area contributed by atoms with Gasteiger partial charge in [-0.05, 0) is 33.3 Å². The van der Waals surface area contributed by atoms with Gasteiger partial charge in [0, 0.05) is 25.2 Å². The Morgan fingerprint density at radius 2 is 1.86 bits per heavy atom. The van der Waals surface area contributed by atoms with E-state index >= 15 is 0 Å². The smallest absolute Gasteiger partial charge is 0.157 e. The number of hydrogen-bond donors (Lipinski definition) is 1. The minimum atomic E-state index is 0.472. The molecule has 0 amide bonds. The van der Waals surface area contributed by atoms with E-state index in [-0.39, 0.29) is 0 Å². The SMILES string of the molecule is CC(C)N(CCNC1=NCC(c2ccccc2)S1)C(C)C. The van der Waals surface area contributed by atoms with E-state index in [2.05, 4.69) is 73.2 Å². The summed E-state index contributed by atoms with van der Waals surface area (Å²) in [5, 5.41) is 5.06. The van der Waals surface area contributed by atoms with E-state index in [1.165, 1.54) is 5.56 Å². The molecule has 2 rings (SSSR count). The van der Waals surface area contributed by atoms with Gasteiger partial charge in [0.2, 0.25) is 0 Å². The van der Waals surface area contributed by atoms with Crippen molar-refractivity contribution in [2.75, 3.05) is 19.6 Å². The Kier molecular flexibility index (Phi) is 6.12. The van der Waals surface area contributed by atoms with Crippen LogP contribution in [0.25, 0.3) is 0 Å². The zero-order valence-corrected chi connectivity index (χ0v) is 14.4. The molecule has 1 aromatic rings. The molecule has 0 fully saturated rings. The highest BCUT2D eigenvalue weighted by Gasteiger charge is 2.21. The van der Waals surface area contributed by atoms with Crippen LogP contribution in [0.15, 0.2) is 35.3 Å². The third kappa shape index (κ3) is 4.75. The molecular weight excluding hydrogens is 278 g/mol. The minimum Gasteiger partial charge on any atom is -0.364 e. The van der Waals surface area contributed by atoms with E-state index in [9.17, 15) is 0 Å². The second kappa shape index (κ2) is 7.85. The lowest BCUT2D eigenvalue weighted by molar-refractivity contribution is 0.178. The average molecular weight is 305 g/mol. The first-order chi connectivity index (χ1) is 10.1. The van der Waals surface area contributed by atoms with Crippen molar-refractivity contribution in [1.29, 1.82) is 0 Å². The second-order valence-electron chi connectivity index (χ2n) is 6.02. The fourth-order valence-corrected chi connectivity index (χ4v) is 3.76. The number of nitrogens with one attached hydrogen (secondary N) is 1. The highest BCUT2D eigenvalue weighted by Crippen LogP contribution is 2.33. The van der Waals surface area contributed by atoms with Crippen LogP contribution in [0, 0.1) is 0 Å². The van der Waals surface area contributed by atoms with E-state index in [1.54, 1.807) is 0 Å². The van der Waals surface area contributed by atoms with Crippen LogP contribution in [-0.4, -0.2) is 41.8 Å². The summed E-state index contributed by atoms with van der Waals surface area (Å²) in [7, 11) is 0. The van der Waals surface area contributed by atoms with Gasteiger partial charge in [0.25, 0.3) is 0 Å². The molecule has 1 atom stereocenters. The van der Waals surface area contributed by atoms with Crippen LogP contribution in [0.2, 0.25) is 0 Å². The predicted molar refractivity (Wildman–Crippen MR) is 94.1 cm³/mol. The minimum absolute atomic E-state index is 0.472. The number of benzene rings is 1. The van der Waals surface area contributed by atoms with Gasteiger partial charge in [0.1, 0.15) is 0 Å². The van der Waals surface area contributed by atoms with Crippen LogP contribution in [0.3, 0.4) is 0 Å². The first-order valence-corrected chi connectivity index (χ1v) is 8.71. The number of hydrogen-bond acceptors (Lipinski definition) is 4. The van der Waals surface area contributed by atoms with Gasteiger partial charge in [-0.2, -0.15) is 0 Å². The average Bonchev–Trinajstić information content (AvgIpc) is 2.92. The maximum absolute atomic E-state index is 4.63. The monoisotopic (exact) mass is 305 g/mol. The van der Waals surface area contributed by atoms with Gasteiger partial charge in [0.05, 0.1) is 11.8 Å². The maximum Gasteiger partial charge on any atom is 0.157 e.